The smallest absolute Gasteiger partial charge is 0.225 e. The van der Waals surface area contributed by atoms with Gasteiger partial charge >= 0.3 is 0 Å². The van der Waals surface area contributed by atoms with E-state index in [4.69, 9.17) is 5.73 Å². The van der Waals surface area contributed by atoms with Gasteiger partial charge in [0.05, 0.1) is 11.4 Å². The first-order valence-electron chi connectivity index (χ1n) is 13.5. The zero-order chi connectivity index (χ0) is 26.1. The summed E-state index contributed by atoms with van der Waals surface area (Å²) in [5, 5.41) is 1.04. The van der Waals surface area contributed by atoms with Crippen molar-refractivity contribution in [3.63, 3.8) is 0 Å². The molecule has 0 aliphatic carbocycles. The molecule has 7 nitrogen and oxygen atoms in total. The molecule has 2 aliphatic heterocycles. The molecule has 5 heterocycles. The van der Waals surface area contributed by atoms with Crippen LogP contribution in [-0.4, -0.2) is 56.8 Å². The molecule has 3 aromatic heterocycles. The second-order valence-corrected chi connectivity index (χ2v) is 10.6. The normalized spacial score (nSPS) is 17.8. The van der Waals surface area contributed by atoms with E-state index in [9.17, 15) is 9.18 Å². The van der Waals surface area contributed by atoms with Crippen LogP contribution in [0.4, 0.5) is 10.2 Å². The fraction of sp³-hybridized carbons (Fsp3) is 0.367. The van der Waals surface area contributed by atoms with Gasteiger partial charge in [0, 0.05) is 48.8 Å². The molecule has 0 radical (unpaired) electrons. The van der Waals surface area contributed by atoms with Crippen molar-refractivity contribution in [1.82, 2.24) is 24.8 Å². The molecule has 0 bridgehead atoms. The van der Waals surface area contributed by atoms with Crippen molar-refractivity contribution in [2.45, 2.75) is 38.1 Å². The van der Waals surface area contributed by atoms with Gasteiger partial charge < -0.3 is 15.6 Å². The van der Waals surface area contributed by atoms with Crippen molar-refractivity contribution in [3.8, 4) is 11.4 Å². The quantitative estimate of drug-likeness (QED) is 0.394. The molecule has 1 amide bonds. The average Bonchev–Trinajstić information content (AvgIpc) is 3.32. The van der Waals surface area contributed by atoms with Crippen LogP contribution in [0.15, 0.2) is 60.9 Å². The van der Waals surface area contributed by atoms with Crippen molar-refractivity contribution >= 4 is 22.6 Å². The summed E-state index contributed by atoms with van der Waals surface area (Å²) in [6, 6.07) is 14.7. The number of halogens is 1. The first-order chi connectivity index (χ1) is 18.5. The predicted molar refractivity (Wildman–Crippen MR) is 147 cm³/mol. The van der Waals surface area contributed by atoms with E-state index in [0.717, 1.165) is 86.3 Å². The largest absolute Gasteiger partial charge is 0.384 e. The number of hydrogen-bond acceptors (Lipinski definition) is 5. The third-order valence-corrected chi connectivity index (χ3v) is 8.13. The summed E-state index contributed by atoms with van der Waals surface area (Å²) in [7, 11) is 0. The Morgan fingerprint density at radius 2 is 1.79 bits per heavy atom. The number of aromatic amines is 1. The standard InChI is InChI=1S/C30H33FN6O/c31-23-4-5-24-26(18-23)35-29(25-3-1-2-11-33-25)28(24)21-9-15-37(16-10-21)30(38)22-7-13-36(14-8-22)19-20-6-12-34-27(32)17-20/h1-6,11-12,17-18,21-22,35H,7-10,13-16,19H2,(H2,32,34). The highest BCUT2D eigenvalue weighted by Crippen LogP contribution is 2.40. The fourth-order valence-electron chi connectivity index (χ4n) is 6.16. The zero-order valence-electron chi connectivity index (χ0n) is 21.4. The minimum Gasteiger partial charge on any atom is -0.384 e. The van der Waals surface area contributed by atoms with E-state index in [1.165, 1.54) is 11.6 Å². The van der Waals surface area contributed by atoms with Gasteiger partial charge in [-0.3, -0.25) is 14.7 Å². The van der Waals surface area contributed by atoms with Crippen molar-refractivity contribution in [3.05, 3.63) is 77.9 Å². The van der Waals surface area contributed by atoms with E-state index in [1.54, 1.807) is 18.5 Å². The lowest BCUT2D eigenvalue weighted by Crippen LogP contribution is -2.45. The van der Waals surface area contributed by atoms with Crippen LogP contribution in [0.3, 0.4) is 0 Å². The number of carbonyl (C=O) groups is 1. The number of anilines is 1. The molecule has 0 saturated carbocycles. The number of benzene rings is 1. The number of piperidine rings is 2. The number of H-pyrrole nitrogens is 1. The lowest BCUT2D eigenvalue weighted by molar-refractivity contribution is -0.138. The molecule has 0 spiro atoms. The number of likely N-dealkylation sites (tertiary alicyclic amines) is 2. The number of hydrogen-bond donors (Lipinski definition) is 2. The van der Waals surface area contributed by atoms with Crippen LogP contribution in [0, 0.1) is 11.7 Å². The summed E-state index contributed by atoms with van der Waals surface area (Å²) in [5.41, 5.74) is 10.8. The van der Waals surface area contributed by atoms with Gasteiger partial charge in [0.25, 0.3) is 0 Å². The van der Waals surface area contributed by atoms with Crippen LogP contribution in [0.1, 0.15) is 42.7 Å². The van der Waals surface area contributed by atoms with Gasteiger partial charge in [0.1, 0.15) is 11.6 Å². The number of fused-ring (bicyclic) bond motifs is 1. The van der Waals surface area contributed by atoms with Gasteiger partial charge in [-0.15, -0.1) is 0 Å². The number of rotatable bonds is 5. The second kappa shape index (κ2) is 10.5. The summed E-state index contributed by atoms with van der Waals surface area (Å²) in [5.74, 6) is 0.953. The molecule has 2 saturated heterocycles. The highest BCUT2D eigenvalue weighted by atomic mass is 19.1. The van der Waals surface area contributed by atoms with E-state index < -0.39 is 0 Å². The Labute approximate surface area is 221 Å². The molecule has 4 aromatic rings. The Balaban J connectivity index is 1.11. The van der Waals surface area contributed by atoms with E-state index in [0.29, 0.717) is 11.7 Å². The lowest BCUT2D eigenvalue weighted by Gasteiger charge is -2.37. The van der Waals surface area contributed by atoms with Gasteiger partial charge in [-0.25, -0.2) is 9.37 Å². The molecule has 38 heavy (non-hydrogen) atoms. The first-order valence-corrected chi connectivity index (χ1v) is 13.5. The molecular weight excluding hydrogens is 479 g/mol. The number of nitrogens with one attached hydrogen (secondary N) is 1. The van der Waals surface area contributed by atoms with Crippen LogP contribution >= 0.6 is 0 Å². The number of nitrogens with two attached hydrogens (primary N) is 1. The van der Waals surface area contributed by atoms with Crippen molar-refractivity contribution in [2.75, 3.05) is 31.9 Å². The molecule has 196 valence electrons. The minimum atomic E-state index is -0.255. The van der Waals surface area contributed by atoms with Crippen molar-refractivity contribution < 1.29 is 9.18 Å². The van der Waals surface area contributed by atoms with E-state index in [2.05, 4.69) is 24.8 Å². The number of nitrogens with zero attached hydrogens (tertiary/aromatic N) is 4. The molecule has 0 unspecified atom stereocenters. The van der Waals surface area contributed by atoms with Gasteiger partial charge in [-0.05, 0) is 98.3 Å². The monoisotopic (exact) mass is 512 g/mol. The molecule has 6 rings (SSSR count). The lowest BCUT2D eigenvalue weighted by atomic mass is 9.85. The third-order valence-electron chi connectivity index (χ3n) is 8.13. The topological polar surface area (TPSA) is 91.1 Å². The molecule has 3 N–H and O–H groups in total. The van der Waals surface area contributed by atoms with Crippen molar-refractivity contribution in [1.29, 1.82) is 0 Å². The molecular formula is C30H33FN6O. The molecule has 8 heteroatoms. The molecule has 2 aliphatic rings. The second-order valence-electron chi connectivity index (χ2n) is 10.6. The maximum atomic E-state index is 14.0. The summed E-state index contributed by atoms with van der Waals surface area (Å²) >= 11 is 0. The minimum absolute atomic E-state index is 0.0884. The Bertz CT molecular complexity index is 1420. The van der Waals surface area contributed by atoms with Crippen LogP contribution < -0.4 is 5.73 Å². The van der Waals surface area contributed by atoms with Gasteiger partial charge in [0.15, 0.2) is 0 Å². The predicted octanol–water partition coefficient (Wildman–Crippen LogP) is 4.96. The number of nitrogen functional groups attached to an aromatic ring is 1. The van der Waals surface area contributed by atoms with Crippen LogP contribution in [0.25, 0.3) is 22.3 Å². The highest BCUT2D eigenvalue weighted by Gasteiger charge is 2.33. The molecule has 1 aromatic carbocycles. The van der Waals surface area contributed by atoms with Crippen LogP contribution in [0.5, 0.6) is 0 Å². The Hall–Kier alpha value is -3.78. The van der Waals surface area contributed by atoms with Gasteiger partial charge in [-0.2, -0.15) is 0 Å². The maximum Gasteiger partial charge on any atom is 0.225 e. The third kappa shape index (κ3) is 5.00. The Morgan fingerprint density at radius 1 is 0.974 bits per heavy atom. The van der Waals surface area contributed by atoms with E-state index >= 15 is 0 Å². The van der Waals surface area contributed by atoms with Gasteiger partial charge in [-0.1, -0.05) is 6.07 Å². The summed E-state index contributed by atoms with van der Waals surface area (Å²) in [6.07, 6.45) is 7.08. The SMILES string of the molecule is Nc1cc(CN2CCC(C(=O)N3CCC(c4c(-c5ccccn5)[nH]c5cc(F)ccc45)CC3)CC2)ccn1. The number of pyridine rings is 2. The number of aromatic nitrogens is 3. The highest BCUT2D eigenvalue weighted by molar-refractivity contribution is 5.91. The summed E-state index contributed by atoms with van der Waals surface area (Å²) in [4.78, 5) is 29.9. The zero-order valence-corrected chi connectivity index (χ0v) is 21.4. The summed E-state index contributed by atoms with van der Waals surface area (Å²) < 4.78 is 14.0. The molecule has 2 fully saturated rings. The van der Waals surface area contributed by atoms with Crippen LogP contribution in [-0.2, 0) is 11.3 Å². The fourth-order valence-corrected chi connectivity index (χ4v) is 6.16. The van der Waals surface area contributed by atoms with Crippen molar-refractivity contribution in [2.24, 2.45) is 5.92 Å². The summed E-state index contributed by atoms with van der Waals surface area (Å²) in [6.45, 7) is 4.15. The average molecular weight is 513 g/mol. The van der Waals surface area contributed by atoms with E-state index in [1.807, 2.05) is 36.4 Å². The molecule has 0 atom stereocenters. The van der Waals surface area contributed by atoms with Crippen LogP contribution in [0.2, 0.25) is 0 Å². The maximum absolute atomic E-state index is 14.0. The Kier molecular flexibility index (Phi) is 6.81. The van der Waals surface area contributed by atoms with E-state index in [-0.39, 0.29) is 17.7 Å². The van der Waals surface area contributed by atoms with Gasteiger partial charge in [0.2, 0.25) is 5.91 Å². The Morgan fingerprint density at radius 3 is 2.53 bits per heavy atom. The number of amides is 1. The number of carbonyl (C=O) groups excluding carboxylic acids is 1. The first kappa shape index (κ1) is 24.6.